The molecular weight excluding hydrogens is 250 g/mol. The van der Waals surface area contributed by atoms with Gasteiger partial charge in [-0.3, -0.25) is 4.79 Å². The summed E-state index contributed by atoms with van der Waals surface area (Å²) < 4.78 is 0. The average Bonchev–Trinajstić information content (AvgIpc) is 2.77. The van der Waals surface area contributed by atoms with Crippen molar-refractivity contribution in [2.75, 3.05) is 6.54 Å². The molecule has 0 bridgehead atoms. The van der Waals surface area contributed by atoms with Gasteiger partial charge in [0.1, 0.15) is 0 Å². The number of aliphatic carboxylic acids is 1. The van der Waals surface area contributed by atoms with E-state index in [0.717, 1.165) is 16.1 Å². The van der Waals surface area contributed by atoms with Gasteiger partial charge in [-0.05, 0) is 29.5 Å². The molecule has 3 nitrogen and oxygen atoms in total. The molecule has 0 radical (unpaired) electrons. The number of carbonyl (C=O) groups is 1. The maximum absolute atomic E-state index is 10.9. The molecule has 1 aromatic carbocycles. The summed E-state index contributed by atoms with van der Waals surface area (Å²) in [6.45, 7) is 4.74. The van der Waals surface area contributed by atoms with Crippen LogP contribution in [0.15, 0.2) is 18.2 Å². The van der Waals surface area contributed by atoms with Gasteiger partial charge in [-0.2, -0.15) is 0 Å². The normalized spacial score (nSPS) is 23.6. The van der Waals surface area contributed by atoms with E-state index in [4.69, 9.17) is 16.7 Å². The Labute approximate surface area is 112 Å². The van der Waals surface area contributed by atoms with Crippen molar-refractivity contribution in [1.82, 2.24) is 5.32 Å². The first-order valence-corrected chi connectivity index (χ1v) is 6.62. The molecule has 1 aliphatic heterocycles. The minimum Gasteiger partial charge on any atom is -0.481 e. The largest absolute Gasteiger partial charge is 0.481 e. The standard InChI is InChI=1S/C14H18ClNO2/c1-8(2)11-4-3-9(5-12(11)15)13-6-10(7-16-13)14(17)18/h3-5,8,10,13,16H,6-7H2,1-2H3,(H,17,18). The summed E-state index contributed by atoms with van der Waals surface area (Å²) >= 11 is 6.26. The molecule has 98 valence electrons. The van der Waals surface area contributed by atoms with Crippen LogP contribution in [0.5, 0.6) is 0 Å². The monoisotopic (exact) mass is 267 g/mol. The number of hydrogen-bond donors (Lipinski definition) is 2. The second kappa shape index (κ2) is 5.29. The first kappa shape index (κ1) is 13.4. The van der Waals surface area contributed by atoms with Crippen LogP contribution in [-0.2, 0) is 4.79 Å². The molecule has 0 saturated carbocycles. The van der Waals surface area contributed by atoms with E-state index >= 15 is 0 Å². The van der Waals surface area contributed by atoms with Gasteiger partial charge in [0, 0.05) is 17.6 Å². The van der Waals surface area contributed by atoms with Crippen LogP contribution < -0.4 is 5.32 Å². The number of rotatable bonds is 3. The highest BCUT2D eigenvalue weighted by molar-refractivity contribution is 6.31. The van der Waals surface area contributed by atoms with E-state index in [1.807, 2.05) is 18.2 Å². The molecule has 2 atom stereocenters. The quantitative estimate of drug-likeness (QED) is 0.884. The second-order valence-corrected chi connectivity index (χ2v) is 5.57. The van der Waals surface area contributed by atoms with Crippen LogP contribution in [0.25, 0.3) is 0 Å². The highest BCUT2D eigenvalue weighted by Gasteiger charge is 2.30. The Bertz CT molecular complexity index is 459. The fraction of sp³-hybridized carbons (Fsp3) is 0.500. The Hall–Kier alpha value is -1.06. The fourth-order valence-electron chi connectivity index (χ4n) is 2.41. The minimum absolute atomic E-state index is 0.102. The van der Waals surface area contributed by atoms with Crippen LogP contribution in [0, 0.1) is 5.92 Å². The molecule has 1 aliphatic rings. The third kappa shape index (κ3) is 2.68. The summed E-state index contributed by atoms with van der Waals surface area (Å²) in [6.07, 6.45) is 0.632. The summed E-state index contributed by atoms with van der Waals surface area (Å²) in [7, 11) is 0. The van der Waals surface area contributed by atoms with Gasteiger partial charge >= 0.3 is 5.97 Å². The van der Waals surface area contributed by atoms with Crippen LogP contribution in [0.1, 0.15) is 43.4 Å². The maximum atomic E-state index is 10.9. The fourth-order valence-corrected chi connectivity index (χ4v) is 2.81. The number of nitrogens with one attached hydrogen (secondary N) is 1. The van der Waals surface area contributed by atoms with Crippen molar-refractivity contribution in [3.05, 3.63) is 34.3 Å². The van der Waals surface area contributed by atoms with E-state index in [1.165, 1.54) is 0 Å². The van der Waals surface area contributed by atoms with E-state index in [1.54, 1.807) is 0 Å². The molecular formula is C14H18ClNO2. The number of carboxylic acid groups (broad SMARTS) is 1. The molecule has 0 aromatic heterocycles. The van der Waals surface area contributed by atoms with Gasteiger partial charge in [0.15, 0.2) is 0 Å². The average molecular weight is 268 g/mol. The van der Waals surface area contributed by atoms with Crippen LogP contribution in [-0.4, -0.2) is 17.6 Å². The lowest BCUT2D eigenvalue weighted by Gasteiger charge is -2.14. The predicted octanol–water partition coefficient (Wildman–Crippen LogP) is 3.20. The first-order chi connectivity index (χ1) is 8.49. The first-order valence-electron chi connectivity index (χ1n) is 6.24. The van der Waals surface area contributed by atoms with Crippen molar-refractivity contribution < 1.29 is 9.90 Å². The van der Waals surface area contributed by atoms with E-state index in [0.29, 0.717) is 18.9 Å². The number of hydrogen-bond acceptors (Lipinski definition) is 2. The van der Waals surface area contributed by atoms with E-state index in [9.17, 15) is 4.79 Å². The molecule has 0 aliphatic carbocycles. The highest BCUT2D eigenvalue weighted by atomic mass is 35.5. The molecule has 2 rings (SSSR count). The lowest BCUT2D eigenvalue weighted by atomic mass is 9.96. The lowest BCUT2D eigenvalue weighted by molar-refractivity contribution is -0.141. The van der Waals surface area contributed by atoms with Gasteiger partial charge < -0.3 is 10.4 Å². The van der Waals surface area contributed by atoms with Crippen LogP contribution >= 0.6 is 11.6 Å². The molecule has 18 heavy (non-hydrogen) atoms. The molecule has 1 fully saturated rings. The smallest absolute Gasteiger partial charge is 0.307 e. The van der Waals surface area contributed by atoms with Crippen LogP contribution in [0.4, 0.5) is 0 Å². The molecule has 1 aromatic rings. The Balaban J connectivity index is 2.16. The van der Waals surface area contributed by atoms with E-state index in [-0.39, 0.29) is 12.0 Å². The Morgan fingerprint density at radius 3 is 2.72 bits per heavy atom. The molecule has 1 heterocycles. The van der Waals surface area contributed by atoms with Gasteiger partial charge in [-0.1, -0.05) is 37.6 Å². The van der Waals surface area contributed by atoms with Crippen molar-refractivity contribution in [1.29, 1.82) is 0 Å². The Morgan fingerprint density at radius 2 is 2.22 bits per heavy atom. The van der Waals surface area contributed by atoms with Crippen molar-refractivity contribution in [2.24, 2.45) is 5.92 Å². The van der Waals surface area contributed by atoms with Gasteiger partial charge in [0.05, 0.1) is 5.92 Å². The highest BCUT2D eigenvalue weighted by Crippen LogP contribution is 2.32. The predicted molar refractivity (Wildman–Crippen MR) is 72.0 cm³/mol. The van der Waals surface area contributed by atoms with Crippen molar-refractivity contribution in [2.45, 2.75) is 32.2 Å². The molecule has 1 saturated heterocycles. The van der Waals surface area contributed by atoms with Gasteiger partial charge in [-0.25, -0.2) is 0 Å². The minimum atomic E-state index is -0.727. The summed E-state index contributed by atoms with van der Waals surface area (Å²) in [4.78, 5) is 10.9. The molecule has 2 unspecified atom stereocenters. The zero-order chi connectivity index (χ0) is 13.3. The van der Waals surface area contributed by atoms with E-state index in [2.05, 4.69) is 19.2 Å². The zero-order valence-corrected chi connectivity index (χ0v) is 11.4. The number of benzene rings is 1. The summed E-state index contributed by atoms with van der Waals surface area (Å²) in [6, 6.07) is 6.14. The van der Waals surface area contributed by atoms with Crippen LogP contribution in [0.3, 0.4) is 0 Å². The third-order valence-electron chi connectivity index (χ3n) is 3.53. The van der Waals surface area contributed by atoms with Crippen LogP contribution in [0.2, 0.25) is 5.02 Å². The lowest BCUT2D eigenvalue weighted by Crippen LogP contribution is -2.17. The molecule has 0 amide bonds. The zero-order valence-electron chi connectivity index (χ0n) is 10.6. The molecule has 4 heteroatoms. The Kier molecular flexibility index (Phi) is 3.93. The SMILES string of the molecule is CC(C)c1ccc(C2CC(C(=O)O)CN2)cc1Cl. The third-order valence-corrected chi connectivity index (χ3v) is 3.86. The van der Waals surface area contributed by atoms with Crippen molar-refractivity contribution in [3.8, 4) is 0 Å². The molecule has 2 N–H and O–H groups in total. The second-order valence-electron chi connectivity index (χ2n) is 5.17. The van der Waals surface area contributed by atoms with Gasteiger partial charge in [0.2, 0.25) is 0 Å². The number of carboxylic acids is 1. The van der Waals surface area contributed by atoms with Gasteiger partial charge in [-0.15, -0.1) is 0 Å². The van der Waals surface area contributed by atoms with Gasteiger partial charge in [0.25, 0.3) is 0 Å². The van der Waals surface area contributed by atoms with Crippen molar-refractivity contribution in [3.63, 3.8) is 0 Å². The maximum Gasteiger partial charge on any atom is 0.307 e. The Morgan fingerprint density at radius 1 is 1.50 bits per heavy atom. The summed E-state index contributed by atoms with van der Waals surface area (Å²) in [5, 5.41) is 13.0. The van der Waals surface area contributed by atoms with E-state index < -0.39 is 5.97 Å². The summed E-state index contributed by atoms with van der Waals surface area (Å²) in [5.74, 6) is -0.622. The topological polar surface area (TPSA) is 49.3 Å². The summed E-state index contributed by atoms with van der Waals surface area (Å²) in [5.41, 5.74) is 2.21. The van der Waals surface area contributed by atoms with Crippen molar-refractivity contribution >= 4 is 17.6 Å². The molecule has 0 spiro atoms. The number of halogens is 1.